The molecule has 0 fully saturated rings. The Balaban J connectivity index is 1.59. The number of carbonyl (C=O) groups is 1. The van der Waals surface area contributed by atoms with Gasteiger partial charge in [0.15, 0.2) is 0 Å². The quantitative estimate of drug-likeness (QED) is 0.763. The third-order valence-corrected chi connectivity index (χ3v) is 4.25. The fraction of sp³-hybridized carbons (Fsp3) is 0.235. The SMILES string of the molecule is O=C(N[C@H]1CCCc2ccccc21)c1ccc2n[nH]nc2c1. The van der Waals surface area contributed by atoms with Crippen molar-refractivity contribution >= 4 is 16.9 Å². The van der Waals surface area contributed by atoms with Gasteiger partial charge in [0.25, 0.3) is 5.91 Å². The van der Waals surface area contributed by atoms with Gasteiger partial charge in [-0.1, -0.05) is 24.3 Å². The van der Waals surface area contributed by atoms with Crippen LogP contribution in [0.25, 0.3) is 11.0 Å². The Labute approximate surface area is 127 Å². The molecule has 0 saturated heterocycles. The molecule has 0 unspecified atom stereocenters. The smallest absolute Gasteiger partial charge is 0.251 e. The Bertz CT molecular complexity index is 839. The monoisotopic (exact) mass is 292 g/mol. The summed E-state index contributed by atoms with van der Waals surface area (Å²) in [4.78, 5) is 12.5. The van der Waals surface area contributed by atoms with Crippen LogP contribution in [0.3, 0.4) is 0 Å². The molecule has 1 amide bonds. The standard InChI is InChI=1S/C17H16N4O/c22-17(12-8-9-15-16(10-12)20-21-19-15)18-14-7-3-5-11-4-1-2-6-13(11)14/h1-2,4,6,8-10,14H,3,5,7H2,(H,18,22)(H,19,20,21)/t14-/m0/s1. The molecular weight excluding hydrogens is 276 g/mol. The molecule has 1 aliphatic rings. The van der Waals surface area contributed by atoms with Crippen LogP contribution in [0.15, 0.2) is 42.5 Å². The summed E-state index contributed by atoms with van der Waals surface area (Å²) in [6, 6.07) is 13.8. The lowest BCUT2D eigenvalue weighted by atomic mass is 9.87. The summed E-state index contributed by atoms with van der Waals surface area (Å²) in [6.45, 7) is 0. The van der Waals surface area contributed by atoms with Crippen LogP contribution in [-0.4, -0.2) is 21.3 Å². The van der Waals surface area contributed by atoms with E-state index in [2.05, 4.69) is 38.9 Å². The molecule has 0 bridgehead atoms. The molecule has 1 atom stereocenters. The molecule has 1 aromatic heterocycles. The molecule has 22 heavy (non-hydrogen) atoms. The summed E-state index contributed by atoms with van der Waals surface area (Å²) in [6.07, 6.45) is 3.17. The predicted octanol–water partition coefficient (Wildman–Crippen LogP) is 2.77. The van der Waals surface area contributed by atoms with E-state index < -0.39 is 0 Å². The van der Waals surface area contributed by atoms with E-state index in [1.165, 1.54) is 11.1 Å². The average Bonchev–Trinajstić information content (AvgIpc) is 3.02. The molecular formula is C17H16N4O. The zero-order valence-electron chi connectivity index (χ0n) is 12.0. The molecule has 2 aromatic carbocycles. The van der Waals surface area contributed by atoms with E-state index >= 15 is 0 Å². The Kier molecular flexibility index (Phi) is 3.11. The minimum absolute atomic E-state index is 0.0633. The van der Waals surface area contributed by atoms with Crippen molar-refractivity contribution in [2.75, 3.05) is 0 Å². The zero-order chi connectivity index (χ0) is 14.9. The third-order valence-electron chi connectivity index (χ3n) is 4.25. The number of carbonyl (C=O) groups excluding carboxylic acids is 1. The third kappa shape index (κ3) is 2.24. The molecule has 3 aromatic rings. The maximum Gasteiger partial charge on any atom is 0.251 e. The summed E-state index contributed by atoms with van der Waals surface area (Å²) in [7, 11) is 0. The molecule has 110 valence electrons. The summed E-state index contributed by atoms with van der Waals surface area (Å²) in [5.41, 5.74) is 4.66. The number of H-pyrrole nitrogens is 1. The lowest BCUT2D eigenvalue weighted by molar-refractivity contribution is 0.0933. The number of aromatic nitrogens is 3. The highest BCUT2D eigenvalue weighted by molar-refractivity contribution is 5.97. The highest BCUT2D eigenvalue weighted by atomic mass is 16.1. The van der Waals surface area contributed by atoms with Gasteiger partial charge in [-0.3, -0.25) is 4.79 Å². The molecule has 0 radical (unpaired) electrons. The number of amides is 1. The van der Waals surface area contributed by atoms with Gasteiger partial charge in [0.05, 0.1) is 6.04 Å². The van der Waals surface area contributed by atoms with Crippen LogP contribution >= 0.6 is 0 Å². The number of nitrogens with one attached hydrogen (secondary N) is 2. The van der Waals surface area contributed by atoms with Gasteiger partial charge >= 0.3 is 0 Å². The highest BCUT2D eigenvalue weighted by Gasteiger charge is 2.22. The minimum atomic E-state index is -0.0633. The molecule has 4 rings (SSSR count). The molecule has 1 heterocycles. The second-order valence-electron chi connectivity index (χ2n) is 5.64. The van der Waals surface area contributed by atoms with Gasteiger partial charge in [-0.05, 0) is 48.6 Å². The predicted molar refractivity (Wildman–Crippen MR) is 83.5 cm³/mol. The molecule has 0 spiro atoms. The van der Waals surface area contributed by atoms with Crippen molar-refractivity contribution in [3.8, 4) is 0 Å². The lowest BCUT2D eigenvalue weighted by Crippen LogP contribution is -2.30. The number of fused-ring (bicyclic) bond motifs is 2. The second-order valence-corrected chi connectivity index (χ2v) is 5.64. The second kappa shape index (κ2) is 5.26. The Morgan fingerprint density at radius 1 is 1.14 bits per heavy atom. The van der Waals surface area contributed by atoms with Gasteiger partial charge < -0.3 is 5.32 Å². The largest absolute Gasteiger partial charge is 0.345 e. The number of rotatable bonds is 2. The normalized spacial score (nSPS) is 17.2. The first-order valence-electron chi connectivity index (χ1n) is 7.50. The molecule has 0 saturated carbocycles. The maximum absolute atomic E-state index is 12.5. The summed E-state index contributed by atoms with van der Waals surface area (Å²) in [5.74, 6) is -0.0633. The zero-order valence-corrected chi connectivity index (χ0v) is 12.0. The van der Waals surface area contributed by atoms with Crippen LogP contribution in [-0.2, 0) is 6.42 Å². The van der Waals surface area contributed by atoms with Crippen LogP contribution < -0.4 is 5.32 Å². The van der Waals surface area contributed by atoms with Crippen molar-refractivity contribution in [3.63, 3.8) is 0 Å². The fourth-order valence-electron chi connectivity index (χ4n) is 3.13. The molecule has 0 aliphatic heterocycles. The highest BCUT2D eigenvalue weighted by Crippen LogP contribution is 2.29. The van der Waals surface area contributed by atoms with Crippen molar-refractivity contribution in [1.29, 1.82) is 0 Å². The molecule has 2 N–H and O–H groups in total. The van der Waals surface area contributed by atoms with Gasteiger partial charge in [0, 0.05) is 5.56 Å². The summed E-state index contributed by atoms with van der Waals surface area (Å²) in [5, 5.41) is 13.7. The van der Waals surface area contributed by atoms with Gasteiger partial charge in [-0.25, -0.2) is 0 Å². The minimum Gasteiger partial charge on any atom is -0.345 e. The number of aryl methyl sites for hydroxylation is 1. The van der Waals surface area contributed by atoms with E-state index in [4.69, 9.17) is 0 Å². The lowest BCUT2D eigenvalue weighted by Gasteiger charge is -2.26. The first-order valence-corrected chi connectivity index (χ1v) is 7.50. The van der Waals surface area contributed by atoms with Crippen molar-refractivity contribution < 1.29 is 4.79 Å². The fourth-order valence-corrected chi connectivity index (χ4v) is 3.13. The number of benzene rings is 2. The van der Waals surface area contributed by atoms with E-state index in [0.29, 0.717) is 11.1 Å². The van der Waals surface area contributed by atoms with Crippen molar-refractivity contribution in [2.24, 2.45) is 0 Å². The summed E-state index contributed by atoms with van der Waals surface area (Å²) < 4.78 is 0. The Morgan fingerprint density at radius 2 is 2.00 bits per heavy atom. The van der Waals surface area contributed by atoms with Gasteiger partial charge in [-0.15, -0.1) is 0 Å². The van der Waals surface area contributed by atoms with Crippen molar-refractivity contribution in [1.82, 2.24) is 20.7 Å². The van der Waals surface area contributed by atoms with Crippen LogP contribution in [0.4, 0.5) is 0 Å². The molecule has 5 nitrogen and oxygen atoms in total. The Morgan fingerprint density at radius 3 is 2.95 bits per heavy atom. The van der Waals surface area contributed by atoms with E-state index in [1.807, 2.05) is 12.1 Å². The van der Waals surface area contributed by atoms with Crippen LogP contribution in [0, 0.1) is 0 Å². The van der Waals surface area contributed by atoms with Crippen molar-refractivity contribution in [2.45, 2.75) is 25.3 Å². The van der Waals surface area contributed by atoms with E-state index in [-0.39, 0.29) is 11.9 Å². The topological polar surface area (TPSA) is 70.7 Å². The molecule has 5 heteroatoms. The maximum atomic E-state index is 12.5. The first-order chi connectivity index (χ1) is 10.8. The first kappa shape index (κ1) is 13.0. The van der Waals surface area contributed by atoms with Gasteiger partial charge in [0.2, 0.25) is 0 Å². The average molecular weight is 292 g/mol. The van der Waals surface area contributed by atoms with Gasteiger partial charge in [0.1, 0.15) is 11.0 Å². The van der Waals surface area contributed by atoms with Gasteiger partial charge in [-0.2, -0.15) is 15.4 Å². The Hall–Kier alpha value is -2.69. The van der Waals surface area contributed by atoms with Crippen LogP contribution in [0.2, 0.25) is 0 Å². The van der Waals surface area contributed by atoms with Crippen molar-refractivity contribution in [3.05, 3.63) is 59.2 Å². The van der Waals surface area contributed by atoms with E-state index in [0.717, 1.165) is 24.8 Å². The number of aromatic amines is 1. The van der Waals surface area contributed by atoms with Crippen LogP contribution in [0.5, 0.6) is 0 Å². The van der Waals surface area contributed by atoms with E-state index in [1.54, 1.807) is 12.1 Å². The number of nitrogens with zero attached hydrogens (tertiary/aromatic N) is 2. The number of hydrogen-bond donors (Lipinski definition) is 2. The molecule has 1 aliphatic carbocycles. The number of hydrogen-bond acceptors (Lipinski definition) is 3. The van der Waals surface area contributed by atoms with Crippen LogP contribution in [0.1, 0.15) is 40.4 Å². The van der Waals surface area contributed by atoms with E-state index in [9.17, 15) is 4.79 Å². The summed E-state index contributed by atoms with van der Waals surface area (Å²) >= 11 is 0.